The fourth-order valence-corrected chi connectivity index (χ4v) is 10.1. The molecule has 1 heterocycles. The number of nitrogens with zero attached hydrogens (tertiary/aromatic N) is 1. The highest BCUT2D eigenvalue weighted by atomic mass is 32.1. The number of fused-ring (bicyclic) bond motifs is 8. The molecule has 0 fully saturated rings. The van der Waals surface area contributed by atoms with Crippen LogP contribution in [0.15, 0.2) is 158 Å². The van der Waals surface area contributed by atoms with Gasteiger partial charge in [-0.1, -0.05) is 150 Å². The third kappa shape index (κ3) is 4.89. The van der Waals surface area contributed by atoms with E-state index in [1.807, 2.05) is 11.3 Å². The second-order valence-electron chi connectivity index (χ2n) is 16.2. The lowest BCUT2D eigenvalue weighted by Gasteiger charge is -2.32. The molecule has 9 aromatic rings. The molecular formula is C51H41NS. The van der Waals surface area contributed by atoms with Gasteiger partial charge in [0.25, 0.3) is 0 Å². The van der Waals surface area contributed by atoms with E-state index in [1.54, 1.807) is 0 Å². The topological polar surface area (TPSA) is 3.24 Å². The van der Waals surface area contributed by atoms with Crippen LogP contribution in [0, 0.1) is 0 Å². The summed E-state index contributed by atoms with van der Waals surface area (Å²) in [5.74, 6) is 0. The van der Waals surface area contributed by atoms with Gasteiger partial charge in [0.1, 0.15) is 0 Å². The molecule has 1 aromatic heterocycles. The van der Waals surface area contributed by atoms with Crippen molar-refractivity contribution in [3.63, 3.8) is 0 Å². The van der Waals surface area contributed by atoms with Crippen molar-refractivity contribution in [1.29, 1.82) is 0 Å². The smallest absolute Gasteiger partial charge is 0.0546 e. The van der Waals surface area contributed by atoms with Crippen molar-refractivity contribution in [1.82, 2.24) is 0 Å². The Morgan fingerprint density at radius 3 is 1.98 bits per heavy atom. The van der Waals surface area contributed by atoms with E-state index in [0.29, 0.717) is 0 Å². The summed E-state index contributed by atoms with van der Waals surface area (Å²) in [5.41, 5.74) is 12.7. The fraction of sp³-hybridized carbons (Fsp3) is 0.137. The Kier molecular flexibility index (Phi) is 7.03. The van der Waals surface area contributed by atoms with Gasteiger partial charge in [-0.25, -0.2) is 0 Å². The fourth-order valence-electron chi connectivity index (χ4n) is 9.02. The number of benzene rings is 8. The SMILES string of the molecule is CC(C)(C)c1ccc(N(c2ccc3c(c2)-c2ccccc2C3(C)C)c2ccc3ccccc3c2-c2ccc3sc4ccccc4c3c2)c2ccccc12. The summed E-state index contributed by atoms with van der Waals surface area (Å²) in [6.45, 7) is 11.7. The highest BCUT2D eigenvalue weighted by Crippen LogP contribution is 2.53. The molecule has 2 heteroatoms. The summed E-state index contributed by atoms with van der Waals surface area (Å²) in [7, 11) is 0. The molecule has 0 saturated heterocycles. The molecule has 0 saturated carbocycles. The van der Waals surface area contributed by atoms with Gasteiger partial charge in [-0.2, -0.15) is 0 Å². The van der Waals surface area contributed by atoms with Gasteiger partial charge in [0.15, 0.2) is 0 Å². The number of hydrogen-bond donors (Lipinski definition) is 0. The van der Waals surface area contributed by atoms with Crippen molar-refractivity contribution >= 4 is 70.1 Å². The zero-order valence-electron chi connectivity index (χ0n) is 30.9. The van der Waals surface area contributed by atoms with Gasteiger partial charge < -0.3 is 4.90 Å². The molecule has 1 aliphatic rings. The molecule has 0 bridgehead atoms. The highest BCUT2D eigenvalue weighted by molar-refractivity contribution is 7.25. The van der Waals surface area contributed by atoms with Crippen molar-refractivity contribution in [2.75, 3.05) is 4.90 Å². The van der Waals surface area contributed by atoms with Crippen LogP contribution < -0.4 is 4.90 Å². The minimum Gasteiger partial charge on any atom is -0.309 e. The Balaban J connectivity index is 1.31. The maximum atomic E-state index is 2.54. The van der Waals surface area contributed by atoms with E-state index in [-0.39, 0.29) is 10.8 Å². The van der Waals surface area contributed by atoms with E-state index in [1.165, 1.54) is 92.0 Å². The lowest BCUT2D eigenvalue weighted by Crippen LogP contribution is -2.16. The Labute approximate surface area is 315 Å². The minimum atomic E-state index is -0.0663. The third-order valence-corrected chi connectivity index (χ3v) is 12.7. The molecule has 1 nitrogen and oxygen atoms in total. The van der Waals surface area contributed by atoms with E-state index < -0.39 is 0 Å². The maximum absolute atomic E-state index is 2.54. The van der Waals surface area contributed by atoms with Gasteiger partial charge in [-0.3, -0.25) is 0 Å². The van der Waals surface area contributed by atoms with Crippen LogP contribution in [0.5, 0.6) is 0 Å². The van der Waals surface area contributed by atoms with E-state index in [2.05, 4.69) is 197 Å². The molecule has 8 aromatic carbocycles. The second-order valence-corrected chi connectivity index (χ2v) is 17.2. The Morgan fingerprint density at radius 1 is 0.491 bits per heavy atom. The van der Waals surface area contributed by atoms with Crippen LogP contribution >= 0.6 is 11.3 Å². The average Bonchev–Trinajstić information content (AvgIpc) is 3.65. The summed E-state index contributed by atoms with van der Waals surface area (Å²) < 4.78 is 2.64. The van der Waals surface area contributed by atoms with Crippen molar-refractivity contribution in [3.05, 3.63) is 174 Å². The molecule has 0 atom stereocenters. The molecule has 0 amide bonds. The first-order valence-corrected chi connectivity index (χ1v) is 19.5. The monoisotopic (exact) mass is 699 g/mol. The number of rotatable bonds is 4. The summed E-state index contributed by atoms with van der Waals surface area (Å²) in [6.07, 6.45) is 0. The van der Waals surface area contributed by atoms with Crippen LogP contribution in [-0.4, -0.2) is 0 Å². The average molecular weight is 700 g/mol. The standard InChI is InChI=1S/C51H41NS/c1-50(2,3)42-26-28-45(38-18-9-8-16-36(38)42)52(34-24-25-44-40(31-34)37-17-10-12-20-43(37)51(44,4)5)46-27-22-32-14-6-7-15-35(32)49(46)33-23-29-48-41(30-33)39-19-11-13-21-47(39)53-48/h6-31H,1-5H3. The number of anilines is 3. The van der Waals surface area contributed by atoms with Crippen LogP contribution in [0.4, 0.5) is 17.1 Å². The second kappa shape index (κ2) is 11.7. The van der Waals surface area contributed by atoms with Gasteiger partial charge in [0.2, 0.25) is 0 Å². The van der Waals surface area contributed by atoms with Crippen molar-refractivity contribution in [2.45, 2.75) is 45.4 Å². The minimum absolute atomic E-state index is 0.00133. The van der Waals surface area contributed by atoms with E-state index in [4.69, 9.17) is 0 Å². The van der Waals surface area contributed by atoms with Gasteiger partial charge >= 0.3 is 0 Å². The van der Waals surface area contributed by atoms with Gasteiger partial charge in [0, 0.05) is 42.2 Å². The summed E-state index contributed by atoms with van der Waals surface area (Å²) in [4.78, 5) is 2.54. The lowest BCUT2D eigenvalue weighted by atomic mass is 9.82. The zero-order valence-corrected chi connectivity index (χ0v) is 31.7. The van der Waals surface area contributed by atoms with Crippen LogP contribution in [0.25, 0.3) is 64.0 Å². The van der Waals surface area contributed by atoms with E-state index in [0.717, 1.165) is 5.69 Å². The summed E-state index contributed by atoms with van der Waals surface area (Å²) in [6, 6.07) is 59.3. The lowest BCUT2D eigenvalue weighted by molar-refractivity contribution is 0.596. The molecular weight excluding hydrogens is 659 g/mol. The van der Waals surface area contributed by atoms with Crippen LogP contribution in [0.2, 0.25) is 0 Å². The van der Waals surface area contributed by atoms with Crippen LogP contribution in [-0.2, 0) is 10.8 Å². The summed E-state index contributed by atoms with van der Waals surface area (Å²) in [5, 5.41) is 7.65. The van der Waals surface area contributed by atoms with E-state index in [9.17, 15) is 0 Å². The summed E-state index contributed by atoms with van der Waals surface area (Å²) >= 11 is 1.87. The molecule has 256 valence electrons. The molecule has 0 N–H and O–H groups in total. The molecule has 53 heavy (non-hydrogen) atoms. The van der Waals surface area contributed by atoms with Crippen molar-refractivity contribution in [3.8, 4) is 22.3 Å². The Hall–Kier alpha value is -5.70. The highest BCUT2D eigenvalue weighted by Gasteiger charge is 2.36. The zero-order chi connectivity index (χ0) is 36.1. The first-order chi connectivity index (χ1) is 25.7. The molecule has 1 aliphatic carbocycles. The molecule has 0 radical (unpaired) electrons. The third-order valence-electron chi connectivity index (χ3n) is 11.6. The van der Waals surface area contributed by atoms with Gasteiger partial charge in [0.05, 0.1) is 11.4 Å². The number of hydrogen-bond acceptors (Lipinski definition) is 2. The Morgan fingerprint density at radius 2 is 1.15 bits per heavy atom. The van der Waals surface area contributed by atoms with E-state index >= 15 is 0 Å². The van der Waals surface area contributed by atoms with Gasteiger partial charge in [-0.15, -0.1) is 11.3 Å². The predicted octanol–water partition coefficient (Wildman–Crippen LogP) is 15.1. The molecule has 0 aliphatic heterocycles. The number of thiophene rings is 1. The quantitative estimate of drug-likeness (QED) is 0.177. The Bertz CT molecular complexity index is 2920. The normalized spacial score (nSPS) is 13.5. The molecule has 0 unspecified atom stereocenters. The molecule has 10 rings (SSSR count). The van der Waals surface area contributed by atoms with Crippen molar-refractivity contribution < 1.29 is 0 Å². The largest absolute Gasteiger partial charge is 0.309 e. The maximum Gasteiger partial charge on any atom is 0.0546 e. The first-order valence-electron chi connectivity index (χ1n) is 18.7. The van der Waals surface area contributed by atoms with Crippen molar-refractivity contribution in [2.24, 2.45) is 0 Å². The first kappa shape index (κ1) is 32.0. The van der Waals surface area contributed by atoms with Crippen LogP contribution in [0.3, 0.4) is 0 Å². The van der Waals surface area contributed by atoms with Crippen LogP contribution in [0.1, 0.15) is 51.3 Å². The predicted molar refractivity (Wildman–Crippen MR) is 231 cm³/mol. The molecule has 0 spiro atoms. The van der Waals surface area contributed by atoms with Gasteiger partial charge in [-0.05, 0) is 97.4 Å².